The highest BCUT2D eigenvalue weighted by Crippen LogP contribution is 2.42. The Balaban J connectivity index is 1.54. The lowest BCUT2D eigenvalue weighted by molar-refractivity contribution is 0.0306. The fourth-order valence-corrected chi connectivity index (χ4v) is 5.24. The second kappa shape index (κ2) is 7.50. The Hall–Kier alpha value is -1.90. The predicted molar refractivity (Wildman–Crippen MR) is 109 cm³/mol. The van der Waals surface area contributed by atoms with Crippen molar-refractivity contribution in [1.29, 1.82) is 0 Å². The van der Waals surface area contributed by atoms with Gasteiger partial charge >= 0.3 is 0 Å². The third-order valence-electron chi connectivity index (χ3n) is 6.14. The van der Waals surface area contributed by atoms with Crippen LogP contribution in [0.5, 0.6) is 5.75 Å². The van der Waals surface area contributed by atoms with Crippen LogP contribution in [0.1, 0.15) is 24.5 Å². The number of piperidine rings is 3. The highest BCUT2D eigenvalue weighted by atomic mass is 32.2. The highest BCUT2D eigenvalue weighted by molar-refractivity contribution is 7.88. The van der Waals surface area contributed by atoms with E-state index in [1.54, 1.807) is 7.11 Å². The van der Waals surface area contributed by atoms with Crippen LogP contribution in [0, 0.1) is 5.92 Å². The van der Waals surface area contributed by atoms with Crippen molar-refractivity contribution in [2.45, 2.75) is 24.8 Å². The topological polar surface area (TPSA) is 76.5 Å². The summed E-state index contributed by atoms with van der Waals surface area (Å²) in [4.78, 5) is 2.43. The molecule has 3 aliphatic rings. The van der Waals surface area contributed by atoms with Gasteiger partial charge in [0.1, 0.15) is 5.75 Å². The standard InChI is InChI=1S/C20H28N4O3S/c1-23-19(11-18(22-23)16-6-4-5-7-20(16)27-2)17-13-24-9-8-14(17)10-15(24)12-21-28(3,25)26/h4-7,11,14-15,17,21H,8-10,12-13H2,1-3H3. The van der Waals surface area contributed by atoms with Gasteiger partial charge in [-0.3, -0.25) is 9.58 Å². The molecule has 1 aromatic heterocycles. The van der Waals surface area contributed by atoms with Gasteiger partial charge in [0.15, 0.2) is 0 Å². The quantitative estimate of drug-likeness (QED) is 0.795. The number of para-hydroxylation sites is 1. The van der Waals surface area contributed by atoms with E-state index in [1.165, 1.54) is 11.9 Å². The Labute approximate surface area is 166 Å². The fourth-order valence-electron chi connectivity index (χ4n) is 4.75. The fraction of sp³-hybridized carbons (Fsp3) is 0.550. The lowest BCUT2D eigenvalue weighted by atomic mass is 9.74. The average molecular weight is 405 g/mol. The molecular formula is C20H28N4O3S. The van der Waals surface area contributed by atoms with Crippen molar-refractivity contribution >= 4 is 10.0 Å². The first-order valence-electron chi connectivity index (χ1n) is 9.71. The molecule has 0 aliphatic carbocycles. The number of sulfonamides is 1. The van der Waals surface area contributed by atoms with Crippen LogP contribution in [0.25, 0.3) is 11.3 Å². The maximum atomic E-state index is 11.4. The number of aryl methyl sites for hydroxylation is 1. The summed E-state index contributed by atoms with van der Waals surface area (Å²) < 4.78 is 33.1. The second-order valence-electron chi connectivity index (χ2n) is 7.94. The summed E-state index contributed by atoms with van der Waals surface area (Å²) in [6.45, 7) is 2.49. The predicted octanol–water partition coefficient (Wildman–Crippen LogP) is 1.82. The number of nitrogens with one attached hydrogen (secondary N) is 1. The van der Waals surface area contributed by atoms with Crippen LogP contribution in [0.3, 0.4) is 0 Å². The van der Waals surface area contributed by atoms with Crippen LogP contribution in [0.2, 0.25) is 0 Å². The Kier molecular flexibility index (Phi) is 5.20. The van der Waals surface area contributed by atoms with E-state index < -0.39 is 10.0 Å². The number of methoxy groups -OCH3 is 1. The summed E-state index contributed by atoms with van der Waals surface area (Å²) in [5.41, 5.74) is 3.18. The summed E-state index contributed by atoms with van der Waals surface area (Å²) in [6.07, 6.45) is 3.39. The average Bonchev–Trinajstić information content (AvgIpc) is 3.07. The van der Waals surface area contributed by atoms with Crippen LogP contribution in [0.4, 0.5) is 0 Å². The molecule has 3 saturated heterocycles. The number of ether oxygens (including phenoxy) is 1. The number of fused-ring (bicyclic) bond motifs is 3. The van der Waals surface area contributed by atoms with E-state index in [4.69, 9.17) is 9.84 Å². The van der Waals surface area contributed by atoms with Crippen molar-refractivity contribution in [2.24, 2.45) is 13.0 Å². The van der Waals surface area contributed by atoms with Crippen LogP contribution >= 0.6 is 0 Å². The molecule has 4 unspecified atom stereocenters. The van der Waals surface area contributed by atoms with Crippen LogP contribution in [0.15, 0.2) is 30.3 Å². The van der Waals surface area contributed by atoms with E-state index in [0.29, 0.717) is 18.4 Å². The summed E-state index contributed by atoms with van der Waals surface area (Å²) in [5, 5.41) is 4.76. The number of rotatable bonds is 6. The molecular weight excluding hydrogens is 376 g/mol. The number of hydrogen-bond donors (Lipinski definition) is 1. The molecule has 152 valence electrons. The largest absolute Gasteiger partial charge is 0.496 e. The molecule has 2 bridgehead atoms. The smallest absolute Gasteiger partial charge is 0.208 e. The van der Waals surface area contributed by atoms with Crippen molar-refractivity contribution in [2.75, 3.05) is 33.0 Å². The van der Waals surface area contributed by atoms with Gasteiger partial charge in [0.05, 0.1) is 19.1 Å². The van der Waals surface area contributed by atoms with E-state index in [9.17, 15) is 8.42 Å². The molecule has 4 heterocycles. The minimum Gasteiger partial charge on any atom is -0.496 e. The van der Waals surface area contributed by atoms with E-state index in [2.05, 4.69) is 15.7 Å². The minimum absolute atomic E-state index is 0.284. The molecule has 0 spiro atoms. The van der Waals surface area contributed by atoms with Gasteiger partial charge in [-0.15, -0.1) is 0 Å². The first-order valence-corrected chi connectivity index (χ1v) is 11.6. The van der Waals surface area contributed by atoms with Gasteiger partial charge < -0.3 is 4.74 Å². The molecule has 1 N–H and O–H groups in total. The molecule has 4 atom stereocenters. The number of aromatic nitrogens is 2. The van der Waals surface area contributed by atoms with Crippen LogP contribution < -0.4 is 9.46 Å². The zero-order chi connectivity index (χ0) is 19.9. The first-order chi connectivity index (χ1) is 13.4. The van der Waals surface area contributed by atoms with E-state index >= 15 is 0 Å². The van der Waals surface area contributed by atoms with Crippen molar-refractivity contribution in [3.8, 4) is 17.0 Å². The molecule has 0 saturated carbocycles. The molecule has 0 amide bonds. The molecule has 0 radical (unpaired) electrons. The van der Waals surface area contributed by atoms with Gasteiger partial charge in [0, 0.05) is 43.4 Å². The van der Waals surface area contributed by atoms with Crippen LogP contribution in [-0.2, 0) is 17.1 Å². The molecule has 28 heavy (non-hydrogen) atoms. The van der Waals surface area contributed by atoms with Gasteiger partial charge in [-0.25, -0.2) is 13.1 Å². The van der Waals surface area contributed by atoms with Crippen molar-refractivity contribution < 1.29 is 13.2 Å². The van der Waals surface area contributed by atoms with Crippen molar-refractivity contribution in [3.63, 3.8) is 0 Å². The number of hydrogen-bond acceptors (Lipinski definition) is 5. The van der Waals surface area contributed by atoms with Crippen molar-refractivity contribution in [1.82, 2.24) is 19.4 Å². The molecule has 2 aromatic rings. The van der Waals surface area contributed by atoms with E-state index in [1.807, 2.05) is 36.0 Å². The molecule has 5 rings (SSSR count). The summed E-state index contributed by atoms with van der Waals surface area (Å²) in [5.74, 6) is 1.80. The third kappa shape index (κ3) is 3.81. The Morgan fingerprint density at radius 1 is 1.32 bits per heavy atom. The molecule has 1 aromatic carbocycles. The monoisotopic (exact) mass is 404 g/mol. The Bertz CT molecular complexity index is 956. The normalized spacial score (nSPS) is 27.1. The molecule has 8 heteroatoms. The van der Waals surface area contributed by atoms with Gasteiger partial charge in [-0.2, -0.15) is 5.10 Å². The Morgan fingerprint density at radius 3 is 2.79 bits per heavy atom. The highest BCUT2D eigenvalue weighted by Gasteiger charge is 2.42. The third-order valence-corrected chi connectivity index (χ3v) is 6.83. The minimum atomic E-state index is -3.15. The zero-order valence-corrected chi connectivity index (χ0v) is 17.4. The van der Waals surface area contributed by atoms with Crippen LogP contribution in [-0.4, -0.2) is 62.1 Å². The maximum absolute atomic E-state index is 11.4. The first kappa shape index (κ1) is 19.4. The van der Waals surface area contributed by atoms with Gasteiger partial charge in [-0.1, -0.05) is 12.1 Å². The lowest BCUT2D eigenvalue weighted by Crippen LogP contribution is -2.56. The molecule has 3 fully saturated rings. The number of nitrogens with zero attached hydrogens (tertiary/aromatic N) is 3. The maximum Gasteiger partial charge on any atom is 0.208 e. The van der Waals surface area contributed by atoms with E-state index in [-0.39, 0.29) is 6.04 Å². The Morgan fingerprint density at radius 2 is 2.11 bits per heavy atom. The number of benzene rings is 1. The van der Waals surface area contributed by atoms with Gasteiger partial charge in [-0.05, 0) is 43.5 Å². The van der Waals surface area contributed by atoms with Crippen molar-refractivity contribution in [3.05, 3.63) is 36.0 Å². The molecule has 3 aliphatic heterocycles. The van der Waals surface area contributed by atoms with Gasteiger partial charge in [0.25, 0.3) is 0 Å². The van der Waals surface area contributed by atoms with E-state index in [0.717, 1.165) is 42.9 Å². The SMILES string of the molecule is COc1ccccc1-c1cc(C2CN3CCC2CC3CNS(C)(=O)=O)n(C)n1. The summed E-state index contributed by atoms with van der Waals surface area (Å²) in [7, 11) is 0.540. The lowest BCUT2D eigenvalue weighted by Gasteiger charge is -2.49. The summed E-state index contributed by atoms with van der Waals surface area (Å²) >= 11 is 0. The van der Waals surface area contributed by atoms with Gasteiger partial charge in [0.2, 0.25) is 10.0 Å². The zero-order valence-electron chi connectivity index (χ0n) is 16.6. The second-order valence-corrected chi connectivity index (χ2v) is 9.77. The molecule has 7 nitrogen and oxygen atoms in total. The summed E-state index contributed by atoms with van der Waals surface area (Å²) in [6, 6.07) is 10.4.